The molecule has 1 aliphatic heterocycles. The molecule has 0 radical (unpaired) electrons. The summed E-state index contributed by atoms with van der Waals surface area (Å²) in [5.74, 6) is -1.05. The molecule has 3 nitrogen and oxygen atoms in total. The molecule has 1 unspecified atom stereocenters. The first-order chi connectivity index (χ1) is 9.07. The number of aliphatic carboxylic acids is 1. The van der Waals surface area contributed by atoms with Crippen molar-refractivity contribution in [1.29, 1.82) is 0 Å². The molecule has 1 aromatic carbocycles. The van der Waals surface area contributed by atoms with Crippen molar-refractivity contribution in [3.8, 4) is 0 Å². The van der Waals surface area contributed by atoms with Gasteiger partial charge in [0.05, 0.1) is 6.42 Å². The van der Waals surface area contributed by atoms with E-state index in [1.54, 1.807) is 0 Å². The zero-order valence-electron chi connectivity index (χ0n) is 11.0. The number of carboxylic acid groups (broad SMARTS) is 1. The second-order valence-corrected chi connectivity index (χ2v) is 5.37. The maximum absolute atomic E-state index is 14.6. The first-order valence-electron chi connectivity index (χ1n) is 6.74. The lowest BCUT2D eigenvalue weighted by Crippen LogP contribution is -2.39. The predicted molar refractivity (Wildman–Crippen MR) is 71.7 cm³/mol. The number of alkyl halides is 1. The van der Waals surface area contributed by atoms with Crippen LogP contribution in [0.15, 0.2) is 30.3 Å². The van der Waals surface area contributed by atoms with E-state index in [4.69, 9.17) is 5.11 Å². The fraction of sp³-hybridized carbons (Fsp3) is 0.533. The first kappa shape index (κ1) is 14.0. The standard InChI is InChI=1S/C15H20FNO2/c16-15(10-14(18)19)8-4-5-9-17(12-15)11-13-6-2-1-3-7-13/h1-3,6-7H,4-5,8-12H2,(H,18,19). The van der Waals surface area contributed by atoms with Crippen molar-refractivity contribution < 1.29 is 14.3 Å². The predicted octanol–water partition coefficient (Wildman–Crippen LogP) is 2.86. The number of benzene rings is 1. The summed E-state index contributed by atoms with van der Waals surface area (Å²) in [5.41, 5.74) is -0.445. The Morgan fingerprint density at radius 2 is 2.05 bits per heavy atom. The molecule has 0 bridgehead atoms. The SMILES string of the molecule is O=C(O)CC1(F)CCCCN(Cc2ccccc2)C1. The molecule has 0 saturated carbocycles. The summed E-state index contributed by atoms with van der Waals surface area (Å²) in [6.45, 7) is 1.74. The minimum Gasteiger partial charge on any atom is -0.481 e. The van der Waals surface area contributed by atoms with E-state index < -0.39 is 18.1 Å². The highest BCUT2D eigenvalue weighted by atomic mass is 19.1. The van der Waals surface area contributed by atoms with E-state index in [-0.39, 0.29) is 6.54 Å². The Morgan fingerprint density at radius 1 is 1.32 bits per heavy atom. The Kier molecular flexibility index (Phi) is 4.53. The van der Waals surface area contributed by atoms with Gasteiger partial charge in [-0.3, -0.25) is 9.69 Å². The van der Waals surface area contributed by atoms with Crippen molar-refractivity contribution >= 4 is 5.97 Å². The lowest BCUT2D eigenvalue weighted by atomic mass is 9.96. The zero-order valence-corrected chi connectivity index (χ0v) is 11.0. The van der Waals surface area contributed by atoms with Gasteiger partial charge in [-0.25, -0.2) is 4.39 Å². The highest BCUT2D eigenvalue weighted by molar-refractivity contribution is 5.68. The van der Waals surface area contributed by atoms with Crippen LogP contribution in [-0.4, -0.2) is 34.7 Å². The van der Waals surface area contributed by atoms with Crippen LogP contribution in [0.1, 0.15) is 31.2 Å². The number of hydrogen-bond donors (Lipinski definition) is 1. The topological polar surface area (TPSA) is 40.5 Å². The molecule has 0 aromatic heterocycles. The molecule has 19 heavy (non-hydrogen) atoms. The van der Waals surface area contributed by atoms with Gasteiger partial charge in [0.1, 0.15) is 5.67 Å². The van der Waals surface area contributed by atoms with E-state index in [0.717, 1.165) is 24.9 Å². The third-order valence-corrected chi connectivity index (χ3v) is 3.57. The van der Waals surface area contributed by atoms with Gasteiger partial charge in [0, 0.05) is 13.1 Å². The Labute approximate surface area is 113 Å². The van der Waals surface area contributed by atoms with Crippen LogP contribution >= 0.6 is 0 Å². The lowest BCUT2D eigenvalue weighted by molar-refractivity contribution is -0.140. The number of hydrogen-bond acceptors (Lipinski definition) is 2. The molecule has 2 rings (SSSR count). The van der Waals surface area contributed by atoms with Gasteiger partial charge in [-0.05, 0) is 31.4 Å². The fourth-order valence-corrected chi connectivity index (χ4v) is 2.73. The van der Waals surface area contributed by atoms with Crippen LogP contribution in [0.3, 0.4) is 0 Å². The lowest BCUT2D eigenvalue weighted by Gasteiger charge is -2.28. The van der Waals surface area contributed by atoms with Gasteiger partial charge < -0.3 is 5.11 Å². The van der Waals surface area contributed by atoms with Crippen molar-refractivity contribution in [1.82, 2.24) is 4.90 Å². The summed E-state index contributed by atoms with van der Waals surface area (Å²) in [6, 6.07) is 9.92. The van der Waals surface area contributed by atoms with Crippen molar-refractivity contribution in [2.75, 3.05) is 13.1 Å². The molecule has 104 valence electrons. The summed E-state index contributed by atoms with van der Waals surface area (Å²) in [4.78, 5) is 12.8. The Hall–Kier alpha value is -1.42. The maximum atomic E-state index is 14.6. The Bertz CT molecular complexity index is 423. The van der Waals surface area contributed by atoms with E-state index in [1.807, 2.05) is 35.2 Å². The third-order valence-electron chi connectivity index (χ3n) is 3.57. The first-order valence-corrected chi connectivity index (χ1v) is 6.74. The normalized spacial score (nSPS) is 24.9. The zero-order chi connectivity index (χ0) is 13.7. The molecule has 1 N–H and O–H groups in total. The molecule has 1 aliphatic rings. The van der Waals surface area contributed by atoms with Gasteiger partial charge in [0.15, 0.2) is 0 Å². The summed E-state index contributed by atoms with van der Waals surface area (Å²) in [7, 11) is 0. The fourth-order valence-electron chi connectivity index (χ4n) is 2.73. The van der Waals surface area contributed by atoms with Gasteiger partial charge in [0.25, 0.3) is 0 Å². The van der Waals surface area contributed by atoms with Crippen molar-refractivity contribution in [2.24, 2.45) is 0 Å². The molecule has 1 atom stereocenters. The van der Waals surface area contributed by atoms with Gasteiger partial charge in [0.2, 0.25) is 0 Å². The van der Waals surface area contributed by atoms with Crippen molar-refractivity contribution in [2.45, 2.75) is 37.9 Å². The average molecular weight is 265 g/mol. The number of carbonyl (C=O) groups is 1. The Balaban J connectivity index is 2.02. The van der Waals surface area contributed by atoms with Crippen LogP contribution in [0.5, 0.6) is 0 Å². The number of carboxylic acids is 1. The number of halogens is 1. The third kappa shape index (κ3) is 4.31. The van der Waals surface area contributed by atoms with Gasteiger partial charge in [-0.1, -0.05) is 30.3 Å². The summed E-state index contributed by atoms with van der Waals surface area (Å²) in [5, 5.41) is 8.84. The highest BCUT2D eigenvalue weighted by Crippen LogP contribution is 2.29. The minimum absolute atomic E-state index is 0.216. The molecule has 1 saturated heterocycles. The van der Waals surface area contributed by atoms with Crippen molar-refractivity contribution in [3.63, 3.8) is 0 Å². The minimum atomic E-state index is -1.59. The van der Waals surface area contributed by atoms with E-state index in [0.29, 0.717) is 13.0 Å². The summed E-state index contributed by atoms with van der Waals surface area (Å²) in [6.07, 6.45) is 1.65. The second kappa shape index (κ2) is 6.15. The molecule has 0 aliphatic carbocycles. The molecule has 0 spiro atoms. The molecular weight excluding hydrogens is 245 g/mol. The average Bonchev–Trinajstić information content (AvgIpc) is 2.51. The summed E-state index contributed by atoms with van der Waals surface area (Å²) >= 11 is 0. The van der Waals surface area contributed by atoms with Gasteiger partial charge >= 0.3 is 5.97 Å². The number of nitrogens with zero attached hydrogens (tertiary/aromatic N) is 1. The molecular formula is C15H20FNO2. The maximum Gasteiger partial charge on any atom is 0.306 e. The number of likely N-dealkylation sites (tertiary alicyclic amines) is 1. The van der Waals surface area contributed by atoms with Crippen molar-refractivity contribution in [3.05, 3.63) is 35.9 Å². The van der Waals surface area contributed by atoms with E-state index in [9.17, 15) is 9.18 Å². The Morgan fingerprint density at radius 3 is 2.74 bits per heavy atom. The van der Waals surface area contributed by atoms with Crippen LogP contribution in [0.4, 0.5) is 4.39 Å². The molecule has 1 heterocycles. The van der Waals surface area contributed by atoms with Gasteiger partial charge in [-0.15, -0.1) is 0 Å². The number of rotatable bonds is 4. The smallest absolute Gasteiger partial charge is 0.306 e. The van der Waals surface area contributed by atoms with E-state index >= 15 is 0 Å². The van der Waals surface area contributed by atoms with Crippen LogP contribution in [-0.2, 0) is 11.3 Å². The quantitative estimate of drug-likeness (QED) is 0.910. The van der Waals surface area contributed by atoms with Gasteiger partial charge in [-0.2, -0.15) is 0 Å². The van der Waals surface area contributed by atoms with Crippen LogP contribution in [0, 0.1) is 0 Å². The van der Waals surface area contributed by atoms with E-state index in [1.165, 1.54) is 0 Å². The molecule has 1 fully saturated rings. The van der Waals surface area contributed by atoms with Crippen LogP contribution in [0.25, 0.3) is 0 Å². The monoisotopic (exact) mass is 265 g/mol. The van der Waals surface area contributed by atoms with Crippen LogP contribution < -0.4 is 0 Å². The van der Waals surface area contributed by atoms with E-state index in [2.05, 4.69) is 0 Å². The second-order valence-electron chi connectivity index (χ2n) is 5.37. The van der Waals surface area contributed by atoms with Crippen LogP contribution in [0.2, 0.25) is 0 Å². The highest BCUT2D eigenvalue weighted by Gasteiger charge is 2.36. The molecule has 4 heteroatoms. The summed E-state index contributed by atoms with van der Waals surface area (Å²) < 4.78 is 14.6. The largest absolute Gasteiger partial charge is 0.481 e. The molecule has 1 aromatic rings. The molecule has 0 amide bonds.